The number of thiazole rings is 1. The maximum Gasteiger partial charge on any atom is 0.191 e. The molecule has 3 aromatic rings. The lowest BCUT2D eigenvalue weighted by Gasteiger charge is -2.10. The van der Waals surface area contributed by atoms with Gasteiger partial charge < -0.3 is 10.6 Å². The van der Waals surface area contributed by atoms with Gasteiger partial charge >= 0.3 is 0 Å². The first-order valence-electron chi connectivity index (χ1n) is 9.06. The predicted molar refractivity (Wildman–Crippen MR) is 111 cm³/mol. The second-order valence-corrected chi connectivity index (χ2v) is 7.67. The molecular weight excluding hydrogens is 356 g/mol. The Balaban J connectivity index is 1.44. The number of aliphatic imine (C=N–C) groups is 1. The molecule has 0 amide bonds. The van der Waals surface area contributed by atoms with Gasteiger partial charge in [0.1, 0.15) is 0 Å². The summed E-state index contributed by atoms with van der Waals surface area (Å²) in [4.78, 5) is 10.1. The molecule has 2 N–H and O–H groups in total. The molecule has 0 spiro atoms. The fraction of sp³-hybridized carbons (Fsp3) is 0.350. The first kappa shape index (κ1) is 19.1. The summed E-state index contributed by atoms with van der Waals surface area (Å²) in [5.41, 5.74) is 3.50. The Morgan fingerprint density at radius 1 is 1.15 bits per heavy atom. The van der Waals surface area contributed by atoms with Crippen molar-refractivity contribution in [3.05, 3.63) is 69.4 Å². The number of guanidine groups is 1. The van der Waals surface area contributed by atoms with Gasteiger partial charge in [0, 0.05) is 43.2 Å². The molecule has 0 atom stereocenters. The minimum absolute atomic E-state index is 0.684. The van der Waals surface area contributed by atoms with Crippen LogP contribution >= 0.6 is 11.3 Å². The number of hydrogen-bond acceptors (Lipinski definition) is 4. The monoisotopic (exact) mass is 382 g/mol. The Morgan fingerprint density at radius 3 is 2.67 bits per heavy atom. The van der Waals surface area contributed by atoms with E-state index in [0.717, 1.165) is 41.7 Å². The third-order valence-electron chi connectivity index (χ3n) is 4.26. The number of nitrogens with one attached hydrogen (secondary N) is 2. The molecule has 2 heterocycles. The zero-order chi connectivity index (χ0) is 19.1. The van der Waals surface area contributed by atoms with Crippen molar-refractivity contribution in [3.63, 3.8) is 0 Å². The molecule has 3 rings (SSSR count). The predicted octanol–water partition coefficient (Wildman–Crippen LogP) is 2.91. The largest absolute Gasteiger partial charge is 0.356 e. The van der Waals surface area contributed by atoms with E-state index in [1.54, 1.807) is 18.4 Å². The van der Waals surface area contributed by atoms with Crippen LogP contribution in [0.5, 0.6) is 0 Å². The van der Waals surface area contributed by atoms with Crippen LogP contribution in [0, 0.1) is 13.8 Å². The first-order chi connectivity index (χ1) is 13.1. The third kappa shape index (κ3) is 5.65. The number of hydrogen-bond donors (Lipinski definition) is 2. The number of nitrogens with zero attached hydrogens (tertiary/aromatic N) is 4. The van der Waals surface area contributed by atoms with E-state index in [2.05, 4.69) is 57.9 Å². The van der Waals surface area contributed by atoms with Crippen molar-refractivity contribution in [2.75, 3.05) is 13.6 Å². The van der Waals surface area contributed by atoms with Crippen LogP contribution in [0.4, 0.5) is 0 Å². The summed E-state index contributed by atoms with van der Waals surface area (Å²) in [5, 5.41) is 12.3. The molecule has 0 saturated heterocycles. The fourth-order valence-electron chi connectivity index (χ4n) is 2.69. The lowest BCUT2D eigenvalue weighted by molar-refractivity contribution is 0.685. The smallest absolute Gasteiger partial charge is 0.191 e. The van der Waals surface area contributed by atoms with Gasteiger partial charge in [0.2, 0.25) is 0 Å². The van der Waals surface area contributed by atoms with Crippen molar-refractivity contribution in [1.29, 1.82) is 0 Å². The van der Waals surface area contributed by atoms with Gasteiger partial charge in [0.25, 0.3) is 0 Å². The van der Waals surface area contributed by atoms with Crippen molar-refractivity contribution in [3.8, 4) is 0 Å². The molecule has 0 aliphatic heterocycles. The molecule has 0 radical (unpaired) electrons. The number of aryl methyl sites for hydroxylation is 2. The molecule has 0 aliphatic carbocycles. The molecule has 0 unspecified atom stereocenters. The summed E-state index contributed by atoms with van der Waals surface area (Å²) in [6, 6.07) is 10.3. The van der Waals surface area contributed by atoms with Gasteiger partial charge in [-0.15, -0.1) is 11.3 Å². The molecule has 6 nitrogen and oxygen atoms in total. The van der Waals surface area contributed by atoms with Crippen LogP contribution in [0.2, 0.25) is 0 Å². The normalized spacial score (nSPS) is 11.6. The zero-order valence-electron chi connectivity index (χ0n) is 16.1. The molecule has 7 heteroatoms. The highest BCUT2D eigenvalue weighted by Crippen LogP contribution is 2.16. The van der Waals surface area contributed by atoms with Gasteiger partial charge in [0.15, 0.2) is 5.96 Å². The van der Waals surface area contributed by atoms with Crippen molar-refractivity contribution in [2.45, 2.75) is 33.4 Å². The van der Waals surface area contributed by atoms with Crippen LogP contribution in [0.25, 0.3) is 0 Å². The molecule has 2 aromatic heterocycles. The summed E-state index contributed by atoms with van der Waals surface area (Å²) in [6.07, 6.45) is 4.85. The Bertz CT molecular complexity index is 862. The summed E-state index contributed by atoms with van der Waals surface area (Å²) in [5.74, 6) is 0.788. The van der Waals surface area contributed by atoms with E-state index in [1.807, 2.05) is 29.1 Å². The van der Waals surface area contributed by atoms with E-state index in [4.69, 9.17) is 0 Å². The van der Waals surface area contributed by atoms with Crippen LogP contribution < -0.4 is 10.6 Å². The number of benzene rings is 1. The molecule has 27 heavy (non-hydrogen) atoms. The maximum atomic E-state index is 4.57. The standard InChI is InChI=1S/C20H26N6S/c1-15-16(2)27-19(25-15)9-10-22-20(21-3)23-11-18-12-24-26(14-18)13-17-7-5-4-6-8-17/h4-8,12,14H,9-11,13H2,1-3H3,(H2,21,22,23). The second kappa shape index (κ2) is 9.32. The fourth-order valence-corrected chi connectivity index (χ4v) is 3.63. The molecular formula is C20H26N6S. The quantitative estimate of drug-likeness (QED) is 0.487. The highest BCUT2D eigenvalue weighted by molar-refractivity contribution is 7.11. The van der Waals surface area contributed by atoms with E-state index >= 15 is 0 Å². The van der Waals surface area contributed by atoms with Gasteiger partial charge in [-0.25, -0.2) is 4.98 Å². The van der Waals surface area contributed by atoms with Crippen LogP contribution in [0.3, 0.4) is 0 Å². The van der Waals surface area contributed by atoms with Crippen LogP contribution in [-0.4, -0.2) is 34.3 Å². The Kier molecular flexibility index (Phi) is 6.59. The van der Waals surface area contributed by atoms with E-state index in [9.17, 15) is 0 Å². The van der Waals surface area contributed by atoms with E-state index in [-0.39, 0.29) is 0 Å². The minimum atomic E-state index is 0.684. The van der Waals surface area contributed by atoms with Gasteiger partial charge in [-0.2, -0.15) is 5.10 Å². The Labute approximate surface area is 164 Å². The highest BCUT2D eigenvalue weighted by atomic mass is 32.1. The molecule has 0 fully saturated rings. The van der Waals surface area contributed by atoms with Crippen molar-refractivity contribution in [2.24, 2.45) is 4.99 Å². The highest BCUT2D eigenvalue weighted by Gasteiger charge is 2.05. The van der Waals surface area contributed by atoms with Crippen LogP contribution in [-0.2, 0) is 19.5 Å². The van der Waals surface area contributed by atoms with Crippen LogP contribution in [0.1, 0.15) is 26.7 Å². The minimum Gasteiger partial charge on any atom is -0.356 e. The summed E-state index contributed by atoms with van der Waals surface area (Å²) < 4.78 is 1.95. The molecule has 0 aliphatic rings. The van der Waals surface area contributed by atoms with Gasteiger partial charge in [-0.3, -0.25) is 9.67 Å². The summed E-state index contributed by atoms with van der Waals surface area (Å²) in [7, 11) is 1.78. The SMILES string of the molecule is CN=C(NCCc1nc(C)c(C)s1)NCc1cnn(Cc2ccccc2)c1. The average Bonchev–Trinajstić information content (AvgIpc) is 3.25. The van der Waals surface area contributed by atoms with Gasteiger partial charge in [-0.1, -0.05) is 30.3 Å². The number of rotatable bonds is 7. The van der Waals surface area contributed by atoms with E-state index < -0.39 is 0 Å². The molecule has 0 saturated carbocycles. The Hall–Kier alpha value is -2.67. The van der Waals surface area contributed by atoms with Crippen molar-refractivity contribution < 1.29 is 0 Å². The number of aromatic nitrogens is 3. The lowest BCUT2D eigenvalue weighted by Crippen LogP contribution is -2.37. The second-order valence-electron chi connectivity index (χ2n) is 6.38. The first-order valence-corrected chi connectivity index (χ1v) is 9.88. The molecule has 1 aromatic carbocycles. The third-order valence-corrected chi connectivity index (χ3v) is 5.39. The lowest BCUT2D eigenvalue weighted by atomic mass is 10.2. The average molecular weight is 383 g/mol. The van der Waals surface area contributed by atoms with E-state index in [0.29, 0.717) is 6.54 Å². The summed E-state index contributed by atoms with van der Waals surface area (Å²) >= 11 is 1.76. The molecule has 0 bridgehead atoms. The zero-order valence-corrected chi connectivity index (χ0v) is 16.9. The maximum absolute atomic E-state index is 4.57. The van der Waals surface area contributed by atoms with Crippen molar-refractivity contribution in [1.82, 2.24) is 25.4 Å². The van der Waals surface area contributed by atoms with Gasteiger partial charge in [0.05, 0.1) is 23.4 Å². The van der Waals surface area contributed by atoms with Gasteiger partial charge in [-0.05, 0) is 19.4 Å². The van der Waals surface area contributed by atoms with Crippen molar-refractivity contribution >= 4 is 17.3 Å². The van der Waals surface area contributed by atoms with E-state index in [1.165, 1.54) is 10.4 Å². The topological polar surface area (TPSA) is 67.1 Å². The summed E-state index contributed by atoms with van der Waals surface area (Å²) in [6.45, 7) is 6.44. The Morgan fingerprint density at radius 2 is 1.96 bits per heavy atom. The molecule has 142 valence electrons. The van der Waals surface area contributed by atoms with Crippen LogP contribution in [0.15, 0.2) is 47.7 Å².